The Balaban J connectivity index is 2.29. The maximum atomic E-state index is 6.13. The number of aromatic nitrogens is 2. The van der Waals surface area contributed by atoms with Gasteiger partial charge in [-0.25, -0.2) is 9.97 Å². The van der Waals surface area contributed by atoms with E-state index >= 15 is 0 Å². The molecule has 2 rings (SSSR count). The average molecular weight is 243 g/mol. The van der Waals surface area contributed by atoms with E-state index in [0.29, 0.717) is 0 Å². The fourth-order valence-electron chi connectivity index (χ4n) is 1.47. The molecule has 1 unspecified atom stereocenters. The van der Waals surface area contributed by atoms with Gasteiger partial charge >= 0.3 is 0 Å². The summed E-state index contributed by atoms with van der Waals surface area (Å²) in [6.45, 7) is 1.70. The fourth-order valence-corrected chi connectivity index (χ4v) is 1.68. The van der Waals surface area contributed by atoms with Gasteiger partial charge in [-0.15, -0.1) is 0 Å². The zero-order valence-corrected chi connectivity index (χ0v) is 8.71. The molecule has 0 spiro atoms. The number of rotatable bonds is 1. The maximum absolute atomic E-state index is 6.13. The molecule has 1 aromatic rings. The first kappa shape index (κ1) is 9.05. The van der Waals surface area contributed by atoms with Crippen molar-refractivity contribution in [2.45, 2.75) is 12.0 Å². The van der Waals surface area contributed by atoms with E-state index in [1.165, 1.54) is 0 Å². The van der Waals surface area contributed by atoms with Crippen molar-refractivity contribution >= 4 is 15.9 Å². The highest BCUT2D eigenvalue weighted by atomic mass is 79.9. The highest BCUT2D eigenvalue weighted by Gasteiger charge is 2.33. The van der Waals surface area contributed by atoms with Crippen molar-refractivity contribution in [1.29, 1.82) is 0 Å². The van der Waals surface area contributed by atoms with Crippen molar-refractivity contribution in [1.82, 2.24) is 15.3 Å². The molecular formula is C8H11BrN4. The smallest absolute Gasteiger partial charge is 0.149 e. The number of nitrogens with two attached hydrogens (primary N) is 1. The van der Waals surface area contributed by atoms with Crippen LogP contribution in [0.4, 0.5) is 0 Å². The molecule has 2 heterocycles. The second kappa shape index (κ2) is 3.32. The molecule has 5 heteroatoms. The topological polar surface area (TPSA) is 63.8 Å². The molecule has 1 aliphatic heterocycles. The lowest BCUT2D eigenvalue weighted by atomic mass is 9.99. The molecular weight excluding hydrogens is 232 g/mol. The molecule has 1 aliphatic rings. The summed E-state index contributed by atoms with van der Waals surface area (Å²) in [6, 6.07) is 0. The maximum Gasteiger partial charge on any atom is 0.149 e. The van der Waals surface area contributed by atoms with Crippen LogP contribution in [0.25, 0.3) is 0 Å². The molecule has 0 aliphatic carbocycles. The van der Waals surface area contributed by atoms with E-state index in [9.17, 15) is 0 Å². The molecule has 1 fully saturated rings. The van der Waals surface area contributed by atoms with Crippen LogP contribution in [0.3, 0.4) is 0 Å². The van der Waals surface area contributed by atoms with Crippen molar-refractivity contribution in [3.63, 3.8) is 0 Å². The summed E-state index contributed by atoms with van der Waals surface area (Å²) in [5.41, 5.74) is 5.75. The van der Waals surface area contributed by atoms with Gasteiger partial charge in [0.05, 0.1) is 10.0 Å². The van der Waals surface area contributed by atoms with Crippen LogP contribution in [0.2, 0.25) is 0 Å². The average Bonchev–Trinajstić information content (AvgIpc) is 2.54. The van der Waals surface area contributed by atoms with Crippen LogP contribution in [-0.2, 0) is 5.54 Å². The Bertz CT molecular complexity index is 292. The minimum absolute atomic E-state index is 0.374. The standard InChI is InChI=1S/C8H11BrN4/c9-6-3-12-7(13-4-6)8(10)1-2-11-5-8/h3-4,11H,1-2,5,10H2. The van der Waals surface area contributed by atoms with Crippen LogP contribution in [0, 0.1) is 0 Å². The Labute approximate surface area is 85.1 Å². The van der Waals surface area contributed by atoms with E-state index in [0.717, 1.165) is 29.8 Å². The number of hydrogen-bond acceptors (Lipinski definition) is 4. The number of hydrogen-bond donors (Lipinski definition) is 2. The van der Waals surface area contributed by atoms with Crippen LogP contribution in [0.5, 0.6) is 0 Å². The summed E-state index contributed by atoms with van der Waals surface area (Å²) < 4.78 is 0.880. The highest BCUT2D eigenvalue weighted by molar-refractivity contribution is 9.10. The summed E-state index contributed by atoms with van der Waals surface area (Å²) in [4.78, 5) is 8.42. The second-order valence-electron chi connectivity index (χ2n) is 3.31. The molecule has 4 nitrogen and oxygen atoms in total. The monoisotopic (exact) mass is 242 g/mol. The minimum Gasteiger partial charge on any atom is -0.318 e. The Morgan fingerprint density at radius 2 is 2.15 bits per heavy atom. The zero-order valence-electron chi connectivity index (χ0n) is 7.13. The highest BCUT2D eigenvalue weighted by Crippen LogP contribution is 2.21. The number of nitrogens with zero attached hydrogens (tertiary/aromatic N) is 2. The van der Waals surface area contributed by atoms with Crippen LogP contribution in [0.15, 0.2) is 16.9 Å². The SMILES string of the molecule is NC1(c2ncc(Br)cn2)CCNC1. The summed E-state index contributed by atoms with van der Waals surface area (Å²) in [5.74, 6) is 0.723. The Kier molecular flexibility index (Phi) is 2.31. The molecule has 1 atom stereocenters. The first-order valence-corrected chi connectivity index (χ1v) is 4.98. The third-order valence-corrected chi connectivity index (χ3v) is 2.66. The molecule has 0 amide bonds. The van der Waals surface area contributed by atoms with Gasteiger partial charge in [-0.1, -0.05) is 0 Å². The third kappa shape index (κ3) is 1.72. The lowest BCUT2D eigenvalue weighted by Gasteiger charge is -2.20. The van der Waals surface area contributed by atoms with E-state index in [2.05, 4.69) is 31.2 Å². The molecule has 1 aromatic heterocycles. The van der Waals surface area contributed by atoms with Crippen molar-refractivity contribution < 1.29 is 0 Å². The van der Waals surface area contributed by atoms with Gasteiger partial charge < -0.3 is 11.1 Å². The van der Waals surface area contributed by atoms with E-state index in [4.69, 9.17) is 5.73 Å². The normalized spacial score (nSPS) is 27.8. The lowest BCUT2D eigenvalue weighted by molar-refractivity contribution is 0.460. The van der Waals surface area contributed by atoms with Gasteiger partial charge in [0, 0.05) is 18.9 Å². The van der Waals surface area contributed by atoms with Gasteiger partial charge in [0.2, 0.25) is 0 Å². The van der Waals surface area contributed by atoms with E-state index < -0.39 is 0 Å². The predicted octanol–water partition coefficient (Wildman–Crippen LogP) is 0.386. The summed E-state index contributed by atoms with van der Waals surface area (Å²) in [6.07, 6.45) is 4.36. The van der Waals surface area contributed by atoms with Gasteiger partial charge in [0.1, 0.15) is 5.82 Å². The van der Waals surface area contributed by atoms with Crippen molar-refractivity contribution in [2.24, 2.45) is 5.73 Å². The molecule has 1 saturated heterocycles. The number of halogens is 1. The van der Waals surface area contributed by atoms with Crippen molar-refractivity contribution in [3.8, 4) is 0 Å². The first-order valence-electron chi connectivity index (χ1n) is 4.18. The first-order chi connectivity index (χ1) is 6.21. The minimum atomic E-state index is -0.374. The van der Waals surface area contributed by atoms with Crippen LogP contribution in [-0.4, -0.2) is 23.1 Å². The largest absolute Gasteiger partial charge is 0.318 e. The van der Waals surface area contributed by atoms with Crippen LogP contribution in [0.1, 0.15) is 12.2 Å². The summed E-state index contributed by atoms with van der Waals surface area (Å²) in [5, 5.41) is 3.21. The van der Waals surface area contributed by atoms with Gasteiger partial charge in [-0.3, -0.25) is 0 Å². The molecule has 0 aromatic carbocycles. The van der Waals surface area contributed by atoms with E-state index in [1.54, 1.807) is 12.4 Å². The number of nitrogens with one attached hydrogen (secondary N) is 1. The van der Waals surface area contributed by atoms with Crippen LogP contribution >= 0.6 is 15.9 Å². The molecule has 0 saturated carbocycles. The van der Waals surface area contributed by atoms with E-state index in [-0.39, 0.29) is 5.54 Å². The Hall–Kier alpha value is -0.520. The fraction of sp³-hybridized carbons (Fsp3) is 0.500. The second-order valence-corrected chi connectivity index (χ2v) is 4.22. The molecule has 70 valence electrons. The summed E-state index contributed by atoms with van der Waals surface area (Å²) in [7, 11) is 0. The van der Waals surface area contributed by atoms with E-state index in [1.807, 2.05) is 0 Å². The summed E-state index contributed by atoms with van der Waals surface area (Å²) >= 11 is 3.29. The molecule has 0 bridgehead atoms. The molecule has 3 N–H and O–H groups in total. The Morgan fingerprint density at radius 1 is 1.46 bits per heavy atom. The van der Waals surface area contributed by atoms with Crippen molar-refractivity contribution in [2.75, 3.05) is 13.1 Å². The van der Waals surface area contributed by atoms with Crippen LogP contribution < -0.4 is 11.1 Å². The molecule has 13 heavy (non-hydrogen) atoms. The third-order valence-electron chi connectivity index (χ3n) is 2.25. The van der Waals surface area contributed by atoms with Gasteiger partial charge in [-0.2, -0.15) is 0 Å². The van der Waals surface area contributed by atoms with Gasteiger partial charge in [0.15, 0.2) is 0 Å². The van der Waals surface area contributed by atoms with Crippen molar-refractivity contribution in [3.05, 3.63) is 22.7 Å². The van der Waals surface area contributed by atoms with Gasteiger partial charge in [0.25, 0.3) is 0 Å². The molecule has 0 radical (unpaired) electrons. The predicted molar refractivity (Wildman–Crippen MR) is 53.1 cm³/mol. The Morgan fingerprint density at radius 3 is 2.69 bits per heavy atom. The van der Waals surface area contributed by atoms with Gasteiger partial charge in [-0.05, 0) is 28.9 Å². The zero-order chi connectivity index (χ0) is 9.31. The quantitative estimate of drug-likeness (QED) is 0.748. The lowest BCUT2D eigenvalue weighted by Crippen LogP contribution is -2.40.